The van der Waals surface area contributed by atoms with Crippen LogP contribution in [0.15, 0.2) is 78.9 Å². The minimum atomic E-state index is 0.553. The molecule has 5 rings (SSSR count). The van der Waals surface area contributed by atoms with Crippen LogP contribution in [0.25, 0.3) is 38.3 Å². The largest absolute Gasteiger partial charge is 0.309 e. The highest BCUT2D eigenvalue weighted by Gasteiger charge is 2.15. The van der Waals surface area contributed by atoms with Gasteiger partial charge in [0.15, 0.2) is 0 Å². The summed E-state index contributed by atoms with van der Waals surface area (Å²) in [7, 11) is 0. The van der Waals surface area contributed by atoms with Crippen LogP contribution in [0.2, 0.25) is 0 Å². The van der Waals surface area contributed by atoms with Crippen molar-refractivity contribution in [3.05, 3.63) is 90.0 Å². The molecule has 5 aromatic rings. The van der Waals surface area contributed by atoms with Gasteiger partial charge in [-0.05, 0) is 46.7 Å². The summed E-state index contributed by atoms with van der Waals surface area (Å²) in [5.41, 5.74) is 4.36. The zero-order valence-electron chi connectivity index (χ0n) is 14.5. The van der Waals surface area contributed by atoms with Gasteiger partial charge >= 0.3 is 0 Å². The number of nitriles is 1. The number of hydrogen-bond donors (Lipinski definition) is 1. The molecule has 0 aliphatic rings. The number of aromatic nitrogens is 1. The Morgan fingerprint density at radius 2 is 1.59 bits per heavy atom. The van der Waals surface area contributed by atoms with Gasteiger partial charge in [-0.15, -0.1) is 0 Å². The van der Waals surface area contributed by atoms with E-state index in [2.05, 4.69) is 65.2 Å². The second-order valence-corrected chi connectivity index (χ2v) is 6.60. The van der Waals surface area contributed by atoms with Crippen LogP contribution in [-0.2, 0) is 0 Å². The summed E-state index contributed by atoms with van der Waals surface area (Å²) < 4.78 is 2.19. The fraction of sp³-hybridized carbons (Fsp3) is 0. The smallest absolute Gasteiger partial charge is 0.0992 e. The fourth-order valence-corrected chi connectivity index (χ4v) is 3.93. The molecule has 0 aliphatic carbocycles. The summed E-state index contributed by atoms with van der Waals surface area (Å²) in [6.45, 7) is 0. The molecular formula is C24H15N3. The van der Waals surface area contributed by atoms with Crippen LogP contribution in [0, 0.1) is 16.7 Å². The van der Waals surface area contributed by atoms with Crippen LogP contribution < -0.4 is 0 Å². The number of fused-ring (bicyclic) bond motifs is 5. The van der Waals surface area contributed by atoms with Crippen molar-refractivity contribution in [2.75, 3.05) is 0 Å². The first-order chi connectivity index (χ1) is 13.3. The van der Waals surface area contributed by atoms with Gasteiger partial charge in [0.2, 0.25) is 0 Å². The Labute approximate surface area is 156 Å². The fourth-order valence-electron chi connectivity index (χ4n) is 3.93. The van der Waals surface area contributed by atoms with Crippen molar-refractivity contribution in [1.82, 2.24) is 4.57 Å². The maximum Gasteiger partial charge on any atom is 0.0992 e. The number of nitrogens with one attached hydrogen (secondary N) is 1. The molecule has 0 saturated carbocycles. The van der Waals surface area contributed by atoms with Gasteiger partial charge < -0.3 is 9.98 Å². The molecule has 126 valence electrons. The predicted octanol–water partition coefficient (Wildman–Crippen LogP) is 5.81. The molecule has 0 spiro atoms. The lowest BCUT2D eigenvalue weighted by atomic mass is 10.0. The van der Waals surface area contributed by atoms with Crippen molar-refractivity contribution in [3.8, 4) is 11.8 Å². The van der Waals surface area contributed by atoms with Crippen molar-refractivity contribution in [1.29, 1.82) is 10.7 Å². The molecule has 1 heterocycles. The molecule has 0 atom stereocenters. The van der Waals surface area contributed by atoms with Gasteiger partial charge in [-0.2, -0.15) is 5.26 Å². The first-order valence-corrected chi connectivity index (χ1v) is 8.77. The van der Waals surface area contributed by atoms with Crippen molar-refractivity contribution in [2.45, 2.75) is 0 Å². The lowest BCUT2D eigenvalue weighted by Crippen LogP contribution is -1.96. The molecule has 4 aromatic carbocycles. The second kappa shape index (κ2) is 5.82. The Hall–Kier alpha value is -3.90. The third-order valence-corrected chi connectivity index (χ3v) is 5.06. The second-order valence-electron chi connectivity index (χ2n) is 6.60. The molecule has 1 N–H and O–H groups in total. The monoisotopic (exact) mass is 345 g/mol. The molecular weight excluding hydrogens is 330 g/mol. The van der Waals surface area contributed by atoms with E-state index in [0.717, 1.165) is 22.3 Å². The minimum absolute atomic E-state index is 0.553. The van der Waals surface area contributed by atoms with Crippen molar-refractivity contribution < 1.29 is 0 Å². The Bertz CT molecular complexity index is 1400. The summed E-state index contributed by atoms with van der Waals surface area (Å²) >= 11 is 0. The van der Waals surface area contributed by atoms with E-state index in [-0.39, 0.29) is 0 Å². The molecule has 3 heteroatoms. The standard InChI is InChI=1S/C24H15N3/c25-14-16-11-17(15-26)13-19(12-16)27-22-8-4-3-7-21(22)24-20-6-2-1-5-18(20)9-10-23(24)27/h1-14,25H. The molecule has 3 nitrogen and oxygen atoms in total. The molecule has 0 aliphatic heterocycles. The Morgan fingerprint density at radius 3 is 2.41 bits per heavy atom. The summed E-state index contributed by atoms with van der Waals surface area (Å²) in [6, 6.07) is 28.8. The van der Waals surface area contributed by atoms with Crippen LogP contribution in [-0.4, -0.2) is 10.8 Å². The lowest BCUT2D eigenvalue weighted by molar-refractivity contribution is 1.18. The maximum atomic E-state index is 9.41. The molecule has 0 bridgehead atoms. The Kier molecular flexibility index (Phi) is 3.31. The highest BCUT2D eigenvalue weighted by Crippen LogP contribution is 2.36. The zero-order valence-corrected chi connectivity index (χ0v) is 14.5. The quantitative estimate of drug-likeness (QED) is 0.403. The number of nitrogens with zero attached hydrogens (tertiary/aromatic N) is 2. The first-order valence-electron chi connectivity index (χ1n) is 8.77. The van der Waals surface area contributed by atoms with Crippen LogP contribution in [0.3, 0.4) is 0 Å². The van der Waals surface area contributed by atoms with Gasteiger partial charge in [0.25, 0.3) is 0 Å². The van der Waals surface area contributed by atoms with Gasteiger partial charge in [-0.1, -0.05) is 48.5 Å². The number of rotatable bonds is 2. The predicted molar refractivity (Wildman–Crippen MR) is 111 cm³/mol. The molecule has 0 amide bonds. The zero-order chi connectivity index (χ0) is 18.4. The van der Waals surface area contributed by atoms with Crippen molar-refractivity contribution in [2.24, 2.45) is 0 Å². The van der Waals surface area contributed by atoms with E-state index in [0.29, 0.717) is 5.56 Å². The van der Waals surface area contributed by atoms with Gasteiger partial charge in [-0.3, -0.25) is 0 Å². The van der Waals surface area contributed by atoms with Crippen molar-refractivity contribution in [3.63, 3.8) is 0 Å². The van der Waals surface area contributed by atoms with E-state index in [1.807, 2.05) is 18.2 Å². The maximum absolute atomic E-state index is 9.41. The number of para-hydroxylation sites is 1. The highest BCUT2D eigenvalue weighted by atomic mass is 15.0. The van der Waals surface area contributed by atoms with Crippen LogP contribution in [0.1, 0.15) is 11.1 Å². The first kappa shape index (κ1) is 15.4. The van der Waals surface area contributed by atoms with E-state index >= 15 is 0 Å². The average Bonchev–Trinajstić information content (AvgIpc) is 3.08. The topological polar surface area (TPSA) is 52.6 Å². The van der Waals surface area contributed by atoms with E-state index in [9.17, 15) is 5.26 Å². The molecule has 0 saturated heterocycles. The molecule has 0 unspecified atom stereocenters. The summed E-state index contributed by atoms with van der Waals surface area (Å²) in [4.78, 5) is 0. The van der Waals surface area contributed by atoms with E-state index < -0.39 is 0 Å². The highest BCUT2D eigenvalue weighted by molar-refractivity contribution is 6.21. The molecule has 0 fully saturated rings. The van der Waals surface area contributed by atoms with Crippen LogP contribution in [0.4, 0.5) is 0 Å². The third kappa shape index (κ3) is 2.24. The van der Waals surface area contributed by atoms with Gasteiger partial charge in [0.05, 0.1) is 22.7 Å². The van der Waals surface area contributed by atoms with Gasteiger partial charge in [0, 0.05) is 22.7 Å². The summed E-state index contributed by atoms with van der Waals surface area (Å²) in [5, 5.41) is 21.9. The normalized spacial score (nSPS) is 11.1. The van der Waals surface area contributed by atoms with Gasteiger partial charge in [-0.25, -0.2) is 0 Å². The van der Waals surface area contributed by atoms with Crippen molar-refractivity contribution >= 4 is 38.8 Å². The lowest BCUT2D eigenvalue weighted by Gasteiger charge is -2.10. The van der Waals surface area contributed by atoms with Gasteiger partial charge in [0.1, 0.15) is 0 Å². The van der Waals surface area contributed by atoms with E-state index in [1.165, 1.54) is 27.8 Å². The minimum Gasteiger partial charge on any atom is -0.309 e. The summed E-state index contributed by atoms with van der Waals surface area (Å²) in [6.07, 6.45) is 1.29. The average molecular weight is 345 g/mol. The molecule has 0 radical (unpaired) electrons. The third-order valence-electron chi connectivity index (χ3n) is 5.06. The molecule has 27 heavy (non-hydrogen) atoms. The number of hydrogen-bond acceptors (Lipinski definition) is 2. The Balaban J connectivity index is 2.00. The summed E-state index contributed by atoms with van der Waals surface area (Å²) in [5.74, 6) is 0. The number of benzene rings is 4. The van der Waals surface area contributed by atoms with E-state index in [1.54, 1.807) is 6.07 Å². The van der Waals surface area contributed by atoms with E-state index in [4.69, 9.17) is 5.41 Å². The van der Waals surface area contributed by atoms with Crippen LogP contribution in [0.5, 0.6) is 0 Å². The Morgan fingerprint density at radius 1 is 0.815 bits per heavy atom. The van der Waals surface area contributed by atoms with Crippen LogP contribution >= 0.6 is 0 Å². The molecule has 1 aromatic heterocycles. The SMILES string of the molecule is N#Cc1cc(C=N)cc(-n2c3ccccc3c3c4ccccc4ccc32)c1.